The van der Waals surface area contributed by atoms with E-state index in [4.69, 9.17) is 4.74 Å². The predicted octanol–water partition coefficient (Wildman–Crippen LogP) is 0.744. The summed E-state index contributed by atoms with van der Waals surface area (Å²) in [5.41, 5.74) is 0.454. The zero-order valence-corrected chi connectivity index (χ0v) is 16.7. The Morgan fingerprint density at radius 3 is 2.30 bits per heavy atom. The third-order valence-electron chi connectivity index (χ3n) is 4.12. The number of piperidine rings is 1. The largest absolute Gasteiger partial charge is 0.491 e. The SMILES string of the molecule is CC(C)Oc1ccc(C(=O)NCC(=O)N2CCC(NS(C)(=O)=O)CC2)cc1. The molecular formula is C18H27N3O5S. The van der Waals surface area contributed by atoms with Crippen LogP contribution in [0.2, 0.25) is 0 Å². The maximum Gasteiger partial charge on any atom is 0.251 e. The number of amides is 2. The molecule has 0 saturated carbocycles. The molecule has 1 aromatic carbocycles. The van der Waals surface area contributed by atoms with Crippen LogP contribution < -0.4 is 14.8 Å². The van der Waals surface area contributed by atoms with Crippen molar-refractivity contribution in [3.05, 3.63) is 29.8 Å². The first kappa shape index (κ1) is 21.2. The van der Waals surface area contributed by atoms with E-state index < -0.39 is 10.0 Å². The molecule has 1 aromatic rings. The van der Waals surface area contributed by atoms with Crippen molar-refractivity contribution >= 4 is 21.8 Å². The van der Waals surface area contributed by atoms with Crippen LogP contribution in [0.4, 0.5) is 0 Å². The number of nitrogens with zero attached hydrogens (tertiary/aromatic N) is 1. The van der Waals surface area contributed by atoms with Crippen LogP contribution in [0, 0.1) is 0 Å². The standard InChI is InChI=1S/C18H27N3O5S/c1-13(2)26-16-6-4-14(5-7-16)18(23)19-12-17(22)21-10-8-15(9-11-21)20-27(3,24)25/h4-7,13,15,20H,8-12H2,1-3H3,(H,19,23). The topological polar surface area (TPSA) is 105 Å². The summed E-state index contributed by atoms with van der Waals surface area (Å²) in [5.74, 6) is 0.178. The fraction of sp³-hybridized carbons (Fsp3) is 0.556. The summed E-state index contributed by atoms with van der Waals surface area (Å²) in [6.07, 6.45) is 2.30. The first-order valence-corrected chi connectivity index (χ1v) is 10.8. The Kier molecular flexibility index (Phi) is 7.20. The zero-order chi connectivity index (χ0) is 20.0. The van der Waals surface area contributed by atoms with Gasteiger partial charge in [0, 0.05) is 24.7 Å². The van der Waals surface area contributed by atoms with Gasteiger partial charge in [0.2, 0.25) is 15.9 Å². The van der Waals surface area contributed by atoms with Gasteiger partial charge in [-0.3, -0.25) is 9.59 Å². The van der Waals surface area contributed by atoms with Crippen LogP contribution >= 0.6 is 0 Å². The van der Waals surface area contributed by atoms with Crippen molar-refractivity contribution in [2.45, 2.75) is 38.8 Å². The van der Waals surface area contributed by atoms with Crippen molar-refractivity contribution in [3.63, 3.8) is 0 Å². The van der Waals surface area contributed by atoms with Crippen LogP contribution in [0.3, 0.4) is 0 Å². The highest BCUT2D eigenvalue weighted by Crippen LogP contribution is 2.14. The molecule has 1 saturated heterocycles. The van der Waals surface area contributed by atoms with Crippen molar-refractivity contribution < 1.29 is 22.7 Å². The Morgan fingerprint density at radius 2 is 1.78 bits per heavy atom. The van der Waals surface area contributed by atoms with E-state index in [2.05, 4.69) is 10.0 Å². The molecule has 1 aliphatic heterocycles. The van der Waals surface area contributed by atoms with Gasteiger partial charge in [0.1, 0.15) is 5.75 Å². The minimum absolute atomic E-state index is 0.0547. The first-order valence-electron chi connectivity index (χ1n) is 8.94. The number of sulfonamides is 1. The molecule has 0 radical (unpaired) electrons. The molecule has 150 valence electrons. The molecule has 2 N–H and O–H groups in total. The zero-order valence-electron chi connectivity index (χ0n) is 15.9. The number of hydrogen-bond donors (Lipinski definition) is 2. The second-order valence-electron chi connectivity index (χ2n) is 6.92. The van der Waals surface area contributed by atoms with Crippen molar-refractivity contribution in [1.29, 1.82) is 0 Å². The molecular weight excluding hydrogens is 370 g/mol. The maximum atomic E-state index is 12.3. The number of nitrogens with one attached hydrogen (secondary N) is 2. The van der Waals surface area contributed by atoms with Gasteiger partial charge in [-0.05, 0) is 51.0 Å². The number of ether oxygens (including phenoxy) is 1. The molecule has 9 heteroatoms. The second kappa shape index (κ2) is 9.18. The van der Waals surface area contributed by atoms with Gasteiger partial charge >= 0.3 is 0 Å². The highest BCUT2D eigenvalue weighted by Gasteiger charge is 2.24. The number of likely N-dealkylation sites (tertiary alicyclic amines) is 1. The Hall–Kier alpha value is -2.13. The van der Waals surface area contributed by atoms with E-state index in [0.29, 0.717) is 37.2 Å². The van der Waals surface area contributed by atoms with E-state index in [1.807, 2.05) is 13.8 Å². The van der Waals surface area contributed by atoms with Gasteiger partial charge < -0.3 is 15.0 Å². The van der Waals surface area contributed by atoms with Crippen LogP contribution in [0.5, 0.6) is 5.75 Å². The lowest BCUT2D eigenvalue weighted by Crippen LogP contribution is -2.48. The van der Waals surface area contributed by atoms with Gasteiger partial charge in [-0.25, -0.2) is 13.1 Å². The molecule has 1 heterocycles. The van der Waals surface area contributed by atoms with Crippen molar-refractivity contribution in [2.24, 2.45) is 0 Å². The predicted molar refractivity (Wildman–Crippen MR) is 102 cm³/mol. The maximum absolute atomic E-state index is 12.3. The van der Waals surface area contributed by atoms with Crippen LogP contribution in [-0.4, -0.2) is 63.2 Å². The summed E-state index contributed by atoms with van der Waals surface area (Å²) in [4.78, 5) is 26.1. The minimum Gasteiger partial charge on any atom is -0.491 e. The number of benzene rings is 1. The van der Waals surface area contributed by atoms with Gasteiger partial charge in [0.15, 0.2) is 0 Å². The van der Waals surface area contributed by atoms with Crippen LogP contribution in [0.1, 0.15) is 37.0 Å². The molecule has 8 nitrogen and oxygen atoms in total. The average Bonchev–Trinajstić information content (AvgIpc) is 2.59. The summed E-state index contributed by atoms with van der Waals surface area (Å²) in [6.45, 7) is 4.68. The van der Waals surface area contributed by atoms with E-state index in [-0.39, 0.29) is 30.5 Å². The molecule has 2 amide bonds. The lowest BCUT2D eigenvalue weighted by molar-refractivity contribution is -0.131. The van der Waals surface area contributed by atoms with Crippen LogP contribution in [-0.2, 0) is 14.8 Å². The molecule has 0 bridgehead atoms. The van der Waals surface area contributed by atoms with Gasteiger partial charge in [-0.1, -0.05) is 0 Å². The number of rotatable bonds is 7. The Bertz CT molecular complexity index is 754. The summed E-state index contributed by atoms with van der Waals surface area (Å²) in [6, 6.07) is 6.59. The van der Waals surface area contributed by atoms with Crippen molar-refractivity contribution in [2.75, 3.05) is 25.9 Å². The van der Waals surface area contributed by atoms with Crippen LogP contribution in [0.25, 0.3) is 0 Å². The van der Waals surface area contributed by atoms with Gasteiger partial charge in [0.05, 0.1) is 18.9 Å². The number of carbonyl (C=O) groups excluding carboxylic acids is 2. The number of hydrogen-bond acceptors (Lipinski definition) is 5. The van der Waals surface area contributed by atoms with E-state index in [1.165, 1.54) is 0 Å². The molecule has 0 unspecified atom stereocenters. The molecule has 0 atom stereocenters. The highest BCUT2D eigenvalue weighted by molar-refractivity contribution is 7.88. The monoisotopic (exact) mass is 397 g/mol. The van der Waals surface area contributed by atoms with E-state index in [9.17, 15) is 18.0 Å². The third kappa shape index (κ3) is 7.18. The van der Waals surface area contributed by atoms with E-state index in [0.717, 1.165) is 6.26 Å². The summed E-state index contributed by atoms with van der Waals surface area (Å²) >= 11 is 0. The lowest BCUT2D eigenvalue weighted by atomic mass is 10.1. The molecule has 2 rings (SSSR count). The fourth-order valence-electron chi connectivity index (χ4n) is 2.88. The summed E-state index contributed by atoms with van der Waals surface area (Å²) in [5, 5.41) is 2.62. The summed E-state index contributed by atoms with van der Waals surface area (Å²) < 4.78 is 30.6. The lowest BCUT2D eigenvalue weighted by Gasteiger charge is -2.32. The average molecular weight is 397 g/mol. The highest BCUT2D eigenvalue weighted by atomic mass is 32.2. The molecule has 0 spiro atoms. The van der Waals surface area contributed by atoms with Crippen LogP contribution in [0.15, 0.2) is 24.3 Å². The summed E-state index contributed by atoms with van der Waals surface area (Å²) in [7, 11) is -3.24. The second-order valence-corrected chi connectivity index (χ2v) is 8.70. The van der Waals surface area contributed by atoms with E-state index >= 15 is 0 Å². The smallest absolute Gasteiger partial charge is 0.251 e. The fourth-order valence-corrected chi connectivity index (χ4v) is 3.72. The molecule has 0 aromatic heterocycles. The Balaban J connectivity index is 1.77. The van der Waals surface area contributed by atoms with Gasteiger partial charge in [-0.15, -0.1) is 0 Å². The third-order valence-corrected chi connectivity index (χ3v) is 4.88. The Labute approximate surface area is 160 Å². The first-order chi connectivity index (χ1) is 12.6. The molecule has 1 aliphatic rings. The molecule has 0 aliphatic carbocycles. The van der Waals surface area contributed by atoms with Gasteiger partial charge in [-0.2, -0.15) is 0 Å². The molecule has 27 heavy (non-hydrogen) atoms. The van der Waals surface area contributed by atoms with Crippen molar-refractivity contribution in [1.82, 2.24) is 14.9 Å². The van der Waals surface area contributed by atoms with Gasteiger partial charge in [0.25, 0.3) is 5.91 Å². The molecule has 1 fully saturated rings. The quantitative estimate of drug-likeness (QED) is 0.706. The normalized spacial score (nSPS) is 15.6. The van der Waals surface area contributed by atoms with Crippen molar-refractivity contribution in [3.8, 4) is 5.75 Å². The number of carbonyl (C=O) groups is 2. The Morgan fingerprint density at radius 1 is 1.19 bits per heavy atom. The van der Waals surface area contributed by atoms with E-state index in [1.54, 1.807) is 29.2 Å². The minimum atomic E-state index is -3.24.